The molecule has 1 aromatic heterocycles. The number of anilines is 1. The van der Waals surface area contributed by atoms with Crippen molar-refractivity contribution in [1.82, 2.24) is 9.88 Å². The van der Waals surface area contributed by atoms with Crippen LogP contribution in [0, 0.1) is 5.92 Å². The molecule has 2 aliphatic rings. The number of hydrogen-bond acceptors (Lipinski definition) is 4. The van der Waals surface area contributed by atoms with Crippen molar-refractivity contribution in [1.29, 1.82) is 0 Å². The van der Waals surface area contributed by atoms with Gasteiger partial charge >= 0.3 is 5.97 Å². The standard InChI is InChI=1S/C16H21N3O3/c20-15(18-8-2-1-3-9-18)13-5-4-7-17-14(13)19-10-6-12(11-19)16(21)22/h4-5,7,12H,1-3,6,8-11H2,(H,21,22). The van der Waals surface area contributed by atoms with Crippen LogP contribution in [0.15, 0.2) is 18.3 Å². The molecule has 3 heterocycles. The third-order valence-corrected chi connectivity index (χ3v) is 4.50. The van der Waals surface area contributed by atoms with Gasteiger partial charge in [0.2, 0.25) is 0 Å². The van der Waals surface area contributed by atoms with E-state index in [0.29, 0.717) is 30.9 Å². The lowest BCUT2D eigenvalue weighted by atomic mass is 10.1. The summed E-state index contributed by atoms with van der Waals surface area (Å²) in [6.45, 7) is 2.65. The van der Waals surface area contributed by atoms with E-state index in [4.69, 9.17) is 5.11 Å². The Kier molecular flexibility index (Phi) is 4.27. The van der Waals surface area contributed by atoms with E-state index in [1.54, 1.807) is 18.3 Å². The molecule has 1 N–H and O–H groups in total. The fourth-order valence-corrected chi connectivity index (χ4v) is 3.24. The summed E-state index contributed by atoms with van der Waals surface area (Å²) in [5.41, 5.74) is 0.593. The van der Waals surface area contributed by atoms with E-state index in [0.717, 1.165) is 25.9 Å². The van der Waals surface area contributed by atoms with Gasteiger partial charge < -0.3 is 14.9 Å². The molecule has 2 aliphatic heterocycles. The lowest BCUT2D eigenvalue weighted by molar-refractivity contribution is -0.140. The molecule has 1 amide bonds. The van der Waals surface area contributed by atoms with Crippen LogP contribution in [0.3, 0.4) is 0 Å². The summed E-state index contributed by atoms with van der Waals surface area (Å²) in [4.78, 5) is 32.0. The van der Waals surface area contributed by atoms with Crippen molar-refractivity contribution in [2.24, 2.45) is 5.92 Å². The molecule has 2 saturated heterocycles. The Morgan fingerprint density at radius 1 is 1.18 bits per heavy atom. The first kappa shape index (κ1) is 14.8. The van der Waals surface area contributed by atoms with Crippen LogP contribution in [0.2, 0.25) is 0 Å². The summed E-state index contributed by atoms with van der Waals surface area (Å²) in [7, 11) is 0. The van der Waals surface area contributed by atoms with Crippen molar-refractivity contribution < 1.29 is 14.7 Å². The fraction of sp³-hybridized carbons (Fsp3) is 0.562. The SMILES string of the molecule is O=C(O)C1CCN(c2ncccc2C(=O)N2CCCCC2)C1. The summed E-state index contributed by atoms with van der Waals surface area (Å²) >= 11 is 0. The van der Waals surface area contributed by atoms with Gasteiger partial charge in [0.1, 0.15) is 5.82 Å². The minimum Gasteiger partial charge on any atom is -0.481 e. The quantitative estimate of drug-likeness (QED) is 0.918. The van der Waals surface area contributed by atoms with Crippen LogP contribution >= 0.6 is 0 Å². The Labute approximate surface area is 129 Å². The molecule has 3 rings (SSSR count). The highest BCUT2D eigenvalue weighted by atomic mass is 16.4. The zero-order valence-electron chi connectivity index (χ0n) is 12.6. The lowest BCUT2D eigenvalue weighted by Gasteiger charge is -2.28. The van der Waals surface area contributed by atoms with Gasteiger partial charge in [-0.3, -0.25) is 9.59 Å². The molecule has 0 saturated carbocycles. The molecule has 22 heavy (non-hydrogen) atoms. The van der Waals surface area contributed by atoms with Gasteiger partial charge in [0.05, 0.1) is 11.5 Å². The zero-order valence-corrected chi connectivity index (χ0v) is 12.6. The molecule has 6 heteroatoms. The summed E-state index contributed by atoms with van der Waals surface area (Å²) in [6.07, 6.45) is 5.54. The largest absolute Gasteiger partial charge is 0.481 e. The van der Waals surface area contributed by atoms with Gasteiger partial charge in [0.15, 0.2) is 0 Å². The molecule has 0 radical (unpaired) electrons. The monoisotopic (exact) mass is 303 g/mol. The smallest absolute Gasteiger partial charge is 0.308 e. The minimum atomic E-state index is -0.776. The predicted octanol–water partition coefficient (Wildman–Crippen LogP) is 1.62. The summed E-state index contributed by atoms with van der Waals surface area (Å²) < 4.78 is 0. The van der Waals surface area contributed by atoms with Crippen molar-refractivity contribution >= 4 is 17.7 Å². The number of rotatable bonds is 3. The molecular formula is C16H21N3O3. The zero-order chi connectivity index (χ0) is 15.5. The number of carbonyl (C=O) groups is 2. The Bertz CT molecular complexity index is 570. The van der Waals surface area contributed by atoms with Gasteiger partial charge in [-0.05, 0) is 37.8 Å². The third kappa shape index (κ3) is 2.91. The lowest BCUT2D eigenvalue weighted by Crippen LogP contribution is -2.37. The predicted molar refractivity (Wildman–Crippen MR) is 81.9 cm³/mol. The van der Waals surface area contributed by atoms with Gasteiger partial charge in [0, 0.05) is 32.4 Å². The van der Waals surface area contributed by atoms with Crippen LogP contribution in [0.25, 0.3) is 0 Å². The van der Waals surface area contributed by atoms with Crippen molar-refractivity contribution in [2.75, 3.05) is 31.1 Å². The number of hydrogen-bond donors (Lipinski definition) is 1. The molecule has 0 spiro atoms. The summed E-state index contributed by atoms with van der Waals surface area (Å²) in [5, 5.41) is 9.14. The minimum absolute atomic E-state index is 0.0153. The molecule has 6 nitrogen and oxygen atoms in total. The molecule has 118 valence electrons. The number of piperidine rings is 1. The number of aliphatic carboxylic acids is 1. The highest BCUT2D eigenvalue weighted by Gasteiger charge is 2.31. The first-order chi connectivity index (χ1) is 10.7. The van der Waals surface area contributed by atoms with Crippen molar-refractivity contribution in [2.45, 2.75) is 25.7 Å². The number of carboxylic acid groups (broad SMARTS) is 1. The Morgan fingerprint density at radius 3 is 2.64 bits per heavy atom. The number of aromatic nitrogens is 1. The van der Waals surface area contributed by atoms with Gasteiger partial charge in [-0.2, -0.15) is 0 Å². The van der Waals surface area contributed by atoms with E-state index < -0.39 is 5.97 Å². The van der Waals surface area contributed by atoms with Crippen LogP contribution in [0.1, 0.15) is 36.0 Å². The van der Waals surface area contributed by atoms with Crippen molar-refractivity contribution in [3.8, 4) is 0 Å². The van der Waals surface area contributed by atoms with E-state index in [1.807, 2.05) is 9.80 Å². The van der Waals surface area contributed by atoms with E-state index in [-0.39, 0.29) is 11.8 Å². The maximum atomic E-state index is 12.7. The molecule has 2 fully saturated rings. The third-order valence-electron chi connectivity index (χ3n) is 4.50. The number of amides is 1. The molecule has 0 aromatic carbocycles. The van der Waals surface area contributed by atoms with Gasteiger partial charge in [-0.15, -0.1) is 0 Å². The Morgan fingerprint density at radius 2 is 1.95 bits per heavy atom. The van der Waals surface area contributed by atoms with E-state index in [1.165, 1.54) is 6.42 Å². The number of carbonyl (C=O) groups excluding carboxylic acids is 1. The Balaban J connectivity index is 1.81. The fourth-order valence-electron chi connectivity index (χ4n) is 3.24. The molecule has 0 aliphatic carbocycles. The van der Waals surface area contributed by atoms with E-state index >= 15 is 0 Å². The van der Waals surface area contributed by atoms with E-state index in [9.17, 15) is 9.59 Å². The average molecular weight is 303 g/mol. The van der Waals surface area contributed by atoms with Gasteiger partial charge in [-0.1, -0.05) is 0 Å². The highest BCUT2D eigenvalue weighted by Crippen LogP contribution is 2.26. The molecule has 1 aromatic rings. The van der Waals surface area contributed by atoms with Gasteiger partial charge in [-0.25, -0.2) is 4.98 Å². The second-order valence-electron chi connectivity index (χ2n) is 6.00. The first-order valence-corrected chi connectivity index (χ1v) is 7.89. The second kappa shape index (κ2) is 6.34. The molecule has 1 atom stereocenters. The molecule has 1 unspecified atom stereocenters. The normalized spacial score (nSPS) is 21.9. The van der Waals surface area contributed by atoms with Gasteiger partial charge in [0.25, 0.3) is 5.91 Å². The second-order valence-corrected chi connectivity index (χ2v) is 6.00. The van der Waals surface area contributed by atoms with E-state index in [2.05, 4.69) is 4.98 Å². The summed E-state index contributed by atoms with van der Waals surface area (Å²) in [6, 6.07) is 3.57. The highest BCUT2D eigenvalue weighted by molar-refractivity contribution is 5.99. The number of carboxylic acids is 1. The van der Waals surface area contributed by atoms with Crippen LogP contribution in [-0.2, 0) is 4.79 Å². The van der Waals surface area contributed by atoms with Crippen LogP contribution in [-0.4, -0.2) is 53.0 Å². The molecular weight excluding hydrogens is 282 g/mol. The van der Waals surface area contributed by atoms with Crippen molar-refractivity contribution in [3.05, 3.63) is 23.9 Å². The van der Waals surface area contributed by atoms with Crippen LogP contribution < -0.4 is 4.90 Å². The topological polar surface area (TPSA) is 73.7 Å². The van der Waals surface area contributed by atoms with Crippen LogP contribution in [0.5, 0.6) is 0 Å². The maximum absolute atomic E-state index is 12.7. The summed E-state index contributed by atoms with van der Waals surface area (Å²) in [5.74, 6) is -0.509. The van der Waals surface area contributed by atoms with Crippen LogP contribution in [0.4, 0.5) is 5.82 Å². The Hall–Kier alpha value is -2.11. The number of likely N-dealkylation sites (tertiary alicyclic amines) is 1. The average Bonchev–Trinajstić information content (AvgIpc) is 3.05. The number of pyridine rings is 1. The molecule has 0 bridgehead atoms. The van der Waals surface area contributed by atoms with Crippen molar-refractivity contribution in [3.63, 3.8) is 0 Å². The first-order valence-electron chi connectivity index (χ1n) is 7.89. The maximum Gasteiger partial charge on any atom is 0.308 e. The number of nitrogens with zero attached hydrogens (tertiary/aromatic N) is 3.